The quantitative estimate of drug-likeness (QED) is 0.830. The maximum absolute atomic E-state index is 12.2. The Bertz CT molecular complexity index is 473. The maximum Gasteiger partial charge on any atom is 0.327 e. The van der Waals surface area contributed by atoms with E-state index in [1.807, 2.05) is 0 Å². The molecule has 0 saturated heterocycles. The summed E-state index contributed by atoms with van der Waals surface area (Å²) in [5, 5.41) is 4.42. The summed E-state index contributed by atoms with van der Waals surface area (Å²) in [6.07, 6.45) is 4.56. The lowest BCUT2D eigenvalue weighted by Gasteiger charge is -2.22. The first-order valence-electron chi connectivity index (χ1n) is 6.99. The third-order valence-corrected chi connectivity index (χ3v) is 4.12. The van der Waals surface area contributed by atoms with Crippen LogP contribution in [0, 0.1) is 0 Å². The average Bonchev–Trinajstić information content (AvgIpc) is 2.90. The van der Waals surface area contributed by atoms with Gasteiger partial charge in [-0.3, -0.25) is 5.32 Å². The molecule has 1 aliphatic carbocycles. The molecule has 0 radical (unpaired) electrons. The third-order valence-electron chi connectivity index (χ3n) is 3.55. The fraction of sp³-hybridized carbons (Fsp3) is 0.533. The summed E-state index contributed by atoms with van der Waals surface area (Å²) in [6.45, 7) is 2.15. The zero-order valence-electron chi connectivity index (χ0n) is 11.5. The molecule has 1 unspecified atom stereocenters. The van der Waals surface area contributed by atoms with Crippen molar-refractivity contribution in [3.05, 3.63) is 33.8 Å². The number of carbonyl (C=O) groups is 1. The second kappa shape index (κ2) is 7.30. The molecule has 0 amide bonds. The van der Waals surface area contributed by atoms with Crippen molar-refractivity contribution in [2.45, 2.75) is 44.7 Å². The van der Waals surface area contributed by atoms with E-state index in [1.54, 1.807) is 25.1 Å². The van der Waals surface area contributed by atoms with Gasteiger partial charge in [-0.25, -0.2) is 4.79 Å². The summed E-state index contributed by atoms with van der Waals surface area (Å²) in [4.78, 5) is 12.2. The minimum atomic E-state index is -0.525. The van der Waals surface area contributed by atoms with E-state index in [0.29, 0.717) is 22.7 Å². The van der Waals surface area contributed by atoms with Crippen molar-refractivity contribution < 1.29 is 9.53 Å². The summed E-state index contributed by atoms with van der Waals surface area (Å²) in [7, 11) is 0. The summed E-state index contributed by atoms with van der Waals surface area (Å²) in [6, 6.07) is 5.00. The Hall–Kier alpha value is -0.770. The second-order valence-corrected chi connectivity index (χ2v) is 5.84. The van der Waals surface area contributed by atoms with Gasteiger partial charge in [-0.05, 0) is 37.5 Å². The molecule has 0 spiro atoms. The molecule has 5 heteroatoms. The first kappa shape index (κ1) is 15.6. The van der Waals surface area contributed by atoms with E-state index in [4.69, 9.17) is 27.9 Å². The SMILES string of the molecule is CCOC(=O)C(NC1CCCC1)c1ccc(Cl)cc1Cl. The zero-order valence-corrected chi connectivity index (χ0v) is 13.0. The number of rotatable bonds is 5. The number of nitrogens with one attached hydrogen (secondary N) is 1. The molecular weight excluding hydrogens is 297 g/mol. The Morgan fingerprint density at radius 3 is 2.70 bits per heavy atom. The summed E-state index contributed by atoms with van der Waals surface area (Å²) >= 11 is 12.1. The summed E-state index contributed by atoms with van der Waals surface area (Å²) < 4.78 is 5.16. The van der Waals surface area contributed by atoms with Crippen molar-refractivity contribution in [1.82, 2.24) is 5.32 Å². The second-order valence-electron chi connectivity index (χ2n) is 5.00. The standard InChI is InChI=1S/C15H19Cl2NO2/c1-2-20-15(19)14(18-11-5-3-4-6-11)12-8-7-10(16)9-13(12)17/h7-9,11,14,18H,2-6H2,1H3. The lowest BCUT2D eigenvalue weighted by Crippen LogP contribution is -2.36. The highest BCUT2D eigenvalue weighted by atomic mass is 35.5. The van der Waals surface area contributed by atoms with Gasteiger partial charge < -0.3 is 4.74 Å². The molecule has 1 fully saturated rings. The van der Waals surface area contributed by atoms with Crippen molar-refractivity contribution in [2.24, 2.45) is 0 Å². The molecule has 0 bridgehead atoms. The molecule has 0 aliphatic heterocycles. The van der Waals surface area contributed by atoms with Crippen LogP contribution in [0.25, 0.3) is 0 Å². The molecule has 1 atom stereocenters. The van der Waals surface area contributed by atoms with Crippen molar-refractivity contribution in [1.29, 1.82) is 0 Å². The van der Waals surface area contributed by atoms with Crippen molar-refractivity contribution >= 4 is 29.2 Å². The van der Waals surface area contributed by atoms with E-state index in [-0.39, 0.29) is 5.97 Å². The van der Waals surface area contributed by atoms with Crippen molar-refractivity contribution in [3.63, 3.8) is 0 Å². The van der Waals surface area contributed by atoms with Gasteiger partial charge in [0.05, 0.1) is 6.61 Å². The zero-order chi connectivity index (χ0) is 14.5. The van der Waals surface area contributed by atoms with Crippen LogP contribution in [-0.2, 0) is 9.53 Å². The van der Waals surface area contributed by atoms with Crippen molar-refractivity contribution in [2.75, 3.05) is 6.61 Å². The van der Waals surface area contributed by atoms with Gasteiger partial charge in [0.25, 0.3) is 0 Å². The first-order chi connectivity index (χ1) is 9.61. The van der Waals surface area contributed by atoms with Crippen LogP contribution in [0.4, 0.5) is 0 Å². The molecule has 1 aromatic carbocycles. The monoisotopic (exact) mass is 315 g/mol. The van der Waals surface area contributed by atoms with E-state index < -0.39 is 6.04 Å². The molecule has 3 nitrogen and oxygen atoms in total. The van der Waals surface area contributed by atoms with Crippen LogP contribution in [-0.4, -0.2) is 18.6 Å². The highest BCUT2D eigenvalue weighted by Gasteiger charge is 2.28. The van der Waals surface area contributed by atoms with Crippen LogP contribution in [0.2, 0.25) is 10.0 Å². The van der Waals surface area contributed by atoms with Crippen LogP contribution in [0.15, 0.2) is 18.2 Å². The van der Waals surface area contributed by atoms with Gasteiger partial charge in [0.2, 0.25) is 0 Å². The van der Waals surface area contributed by atoms with E-state index in [1.165, 1.54) is 12.8 Å². The summed E-state index contributed by atoms with van der Waals surface area (Å²) in [5.74, 6) is -0.288. The normalized spacial score (nSPS) is 17.1. The molecule has 110 valence electrons. The minimum absolute atomic E-state index is 0.288. The van der Waals surface area contributed by atoms with E-state index in [0.717, 1.165) is 18.4 Å². The molecule has 1 saturated carbocycles. The number of benzene rings is 1. The Morgan fingerprint density at radius 2 is 2.10 bits per heavy atom. The predicted molar refractivity (Wildman–Crippen MR) is 81.2 cm³/mol. The molecule has 0 aromatic heterocycles. The maximum atomic E-state index is 12.2. The van der Waals surface area contributed by atoms with E-state index >= 15 is 0 Å². The molecule has 2 rings (SSSR count). The number of halogens is 2. The number of hydrogen-bond acceptors (Lipinski definition) is 3. The molecule has 0 heterocycles. The van der Waals surface area contributed by atoms with Crippen LogP contribution in [0.1, 0.15) is 44.2 Å². The van der Waals surface area contributed by atoms with Crippen LogP contribution >= 0.6 is 23.2 Å². The highest BCUT2D eigenvalue weighted by Crippen LogP contribution is 2.29. The Labute approximate surface area is 129 Å². The molecule has 1 aromatic rings. The lowest BCUT2D eigenvalue weighted by molar-refractivity contribution is -0.146. The third kappa shape index (κ3) is 3.87. The number of ether oxygens (including phenoxy) is 1. The number of carbonyl (C=O) groups excluding carboxylic acids is 1. The van der Waals surface area contributed by atoms with E-state index in [2.05, 4.69) is 5.32 Å². The van der Waals surface area contributed by atoms with Gasteiger partial charge >= 0.3 is 5.97 Å². The van der Waals surface area contributed by atoms with Gasteiger partial charge in [0, 0.05) is 16.1 Å². The van der Waals surface area contributed by atoms with Gasteiger partial charge in [0.15, 0.2) is 0 Å². The van der Waals surface area contributed by atoms with Crippen LogP contribution < -0.4 is 5.32 Å². The fourth-order valence-electron chi connectivity index (χ4n) is 2.57. The number of esters is 1. The predicted octanol–water partition coefficient (Wildman–Crippen LogP) is 4.13. The Morgan fingerprint density at radius 1 is 1.40 bits per heavy atom. The van der Waals surface area contributed by atoms with Crippen LogP contribution in [0.5, 0.6) is 0 Å². The average molecular weight is 316 g/mol. The topological polar surface area (TPSA) is 38.3 Å². The fourth-order valence-corrected chi connectivity index (χ4v) is 3.09. The van der Waals surface area contributed by atoms with Gasteiger partial charge in [-0.2, -0.15) is 0 Å². The summed E-state index contributed by atoms with van der Waals surface area (Å²) in [5.41, 5.74) is 0.724. The van der Waals surface area contributed by atoms with Gasteiger partial charge in [-0.15, -0.1) is 0 Å². The largest absolute Gasteiger partial charge is 0.465 e. The molecule has 1 N–H and O–H groups in total. The minimum Gasteiger partial charge on any atom is -0.465 e. The smallest absolute Gasteiger partial charge is 0.327 e. The molecule has 1 aliphatic rings. The van der Waals surface area contributed by atoms with E-state index in [9.17, 15) is 4.79 Å². The first-order valence-corrected chi connectivity index (χ1v) is 7.75. The highest BCUT2D eigenvalue weighted by molar-refractivity contribution is 6.35. The molecule has 20 heavy (non-hydrogen) atoms. The van der Waals surface area contributed by atoms with Gasteiger partial charge in [-0.1, -0.05) is 42.1 Å². The van der Waals surface area contributed by atoms with Crippen molar-refractivity contribution in [3.8, 4) is 0 Å². The number of hydrogen-bond donors (Lipinski definition) is 1. The van der Waals surface area contributed by atoms with Gasteiger partial charge in [0.1, 0.15) is 6.04 Å². The Balaban J connectivity index is 2.22. The lowest BCUT2D eigenvalue weighted by atomic mass is 10.1. The molecular formula is C15H19Cl2NO2. The van der Waals surface area contributed by atoms with Crippen LogP contribution in [0.3, 0.4) is 0 Å². The Kier molecular flexibility index (Phi) is 5.70.